The molecule has 0 radical (unpaired) electrons. The second kappa shape index (κ2) is 4.74. The van der Waals surface area contributed by atoms with E-state index >= 15 is 0 Å². The second-order valence-electron chi connectivity index (χ2n) is 4.01. The molecule has 1 aliphatic rings. The van der Waals surface area contributed by atoms with Gasteiger partial charge in [-0.3, -0.25) is 4.79 Å². The number of benzene rings is 1. The number of hydrogen-bond acceptors (Lipinski definition) is 4. The quantitative estimate of drug-likeness (QED) is 0.590. The third-order valence-electron chi connectivity index (χ3n) is 2.96. The average molecular weight is 230 g/mol. The van der Waals surface area contributed by atoms with Crippen LogP contribution >= 0.6 is 0 Å². The third kappa shape index (κ3) is 2.31. The molecule has 0 bridgehead atoms. The highest BCUT2D eigenvalue weighted by atomic mass is 16.1. The van der Waals surface area contributed by atoms with Crippen LogP contribution in [0.15, 0.2) is 18.2 Å². The standard InChI is InChI=1S/C12H14N4O/c13-8-10-1-2-12(11(14)7-10)16-5-3-15(9-17)4-6-16/h1-2,7,9H,3-6,14H2. The lowest BCUT2D eigenvalue weighted by atomic mass is 10.1. The Labute approximate surface area is 100 Å². The zero-order chi connectivity index (χ0) is 12.3. The molecule has 1 saturated heterocycles. The van der Waals surface area contributed by atoms with E-state index in [4.69, 9.17) is 11.0 Å². The summed E-state index contributed by atoms with van der Waals surface area (Å²) in [5.74, 6) is 0. The molecule has 1 fully saturated rings. The highest BCUT2D eigenvalue weighted by Crippen LogP contribution is 2.25. The molecule has 1 aromatic rings. The molecule has 1 aliphatic heterocycles. The smallest absolute Gasteiger partial charge is 0.209 e. The molecule has 1 amide bonds. The van der Waals surface area contributed by atoms with Crippen molar-refractivity contribution in [2.24, 2.45) is 0 Å². The van der Waals surface area contributed by atoms with Crippen LogP contribution in [0.5, 0.6) is 0 Å². The van der Waals surface area contributed by atoms with E-state index in [1.54, 1.807) is 17.0 Å². The Bertz CT molecular complexity index is 458. The fourth-order valence-corrected chi connectivity index (χ4v) is 1.98. The molecule has 0 aliphatic carbocycles. The van der Waals surface area contributed by atoms with Crippen LogP contribution < -0.4 is 10.6 Å². The van der Waals surface area contributed by atoms with Crippen molar-refractivity contribution in [1.82, 2.24) is 4.90 Å². The van der Waals surface area contributed by atoms with Crippen LogP contribution in [0.3, 0.4) is 0 Å². The Morgan fingerprint density at radius 1 is 1.29 bits per heavy atom. The number of anilines is 2. The van der Waals surface area contributed by atoms with Crippen molar-refractivity contribution in [3.05, 3.63) is 23.8 Å². The summed E-state index contributed by atoms with van der Waals surface area (Å²) in [6.07, 6.45) is 0.874. The van der Waals surface area contributed by atoms with Crippen LogP contribution in [0.25, 0.3) is 0 Å². The predicted octanol–water partition coefficient (Wildman–Crippen LogP) is 0.419. The lowest BCUT2D eigenvalue weighted by Crippen LogP contribution is -2.45. The fraction of sp³-hybridized carbons (Fsp3) is 0.333. The van der Waals surface area contributed by atoms with E-state index in [-0.39, 0.29) is 0 Å². The number of hydrogen-bond donors (Lipinski definition) is 1. The summed E-state index contributed by atoms with van der Waals surface area (Å²) in [4.78, 5) is 14.5. The molecule has 0 spiro atoms. The average Bonchev–Trinajstić information content (AvgIpc) is 2.39. The molecule has 2 rings (SSSR count). The van der Waals surface area contributed by atoms with Gasteiger partial charge in [-0.25, -0.2) is 0 Å². The Hall–Kier alpha value is -2.22. The number of carbonyl (C=O) groups excluding carboxylic acids is 1. The molecule has 1 heterocycles. The summed E-state index contributed by atoms with van der Waals surface area (Å²) < 4.78 is 0. The van der Waals surface area contributed by atoms with E-state index in [2.05, 4.69) is 11.0 Å². The van der Waals surface area contributed by atoms with E-state index < -0.39 is 0 Å². The van der Waals surface area contributed by atoms with E-state index in [0.717, 1.165) is 25.2 Å². The second-order valence-corrected chi connectivity index (χ2v) is 4.01. The van der Waals surface area contributed by atoms with E-state index in [1.165, 1.54) is 0 Å². The zero-order valence-electron chi connectivity index (χ0n) is 9.47. The fourth-order valence-electron chi connectivity index (χ4n) is 1.98. The number of amides is 1. The first-order chi connectivity index (χ1) is 8.24. The van der Waals surface area contributed by atoms with Crippen LogP contribution in [0.2, 0.25) is 0 Å². The van der Waals surface area contributed by atoms with Gasteiger partial charge in [-0.05, 0) is 18.2 Å². The molecular weight excluding hydrogens is 216 g/mol. The van der Waals surface area contributed by atoms with Crippen molar-refractivity contribution in [3.63, 3.8) is 0 Å². The number of nitrogens with two attached hydrogens (primary N) is 1. The Balaban J connectivity index is 2.14. The Morgan fingerprint density at radius 3 is 2.53 bits per heavy atom. The predicted molar refractivity (Wildman–Crippen MR) is 65.4 cm³/mol. The molecule has 0 aromatic heterocycles. The zero-order valence-corrected chi connectivity index (χ0v) is 9.47. The first-order valence-electron chi connectivity index (χ1n) is 5.48. The van der Waals surface area contributed by atoms with Crippen molar-refractivity contribution in [2.75, 3.05) is 36.8 Å². The van der Waals surface area contributed by atoms with E-state index in [1.807, 2.05) is 6.07 Å². The summed E-state index contributed by atoms with van der Waals surface area (Å²) in [5.41, 5.74) is 8.04. The van der Waals surface area contributed by atoms with Gasteiger partial charge in [0.1, 0.15) is 0 Å². The molecule has 88 valence electrons. The van der Waals surface area contributed by atoms with E-state index in [9.17, 15) is 4.79 Å². The number of nitrogen functional groups attached to an aromatic ring is 1. The topological polar surface area (TPSA) is 73.4 Å². The summed E-state index contributed by atoms with van der Waals surface area (Å²) in [7, 11) is 0. The lowest BCUT2D eigenvalue weighted by molar-refractivity contribution is -0.118. The number of nitriles is 1. The minimum absolute atomic E-state index is 0.567. The molecule has 5 nitrogen and oxygen atoms in total. The lowest BCUT2D eigenvalue weighted by Gasteiger charge is -2.34. The van der Waals surface area contributed by atoms with Crippen molar-refractivity contribution in [2.45, 2.75) is 0 Å². The monoisotopic (exact) mass is 230 g/mol. The normalized spacial score (nSPS) is 15.5. The van der Waals surface area contributed by atoms with Crippen LogP contribution in [-0.4, -0.2) is 37.5 Å². The summed E-state index contributed by atoms with van der Waals surface area (Å²) in [6.45, 7) is 2.97. The SMILES string of the molecule is N#Cc1ccc(N2CCN(C=O)CC2)c(N)c1. The minimum atomic E-state index is 0.567. The van der Waals surface area contributed by atoms with Gasteiger partial charge < -0.3 is 15.5 Å². The maximum atomic E-state index is 10.6. The van der Waals surface area contributed by atoms with Gasteiger partial charge in [0.2, 0.25) is 6.41 Å². The van der Waals surface area contributed by atoms with Crippen molar-refractivity contribution < 1.29 is 4.79 Å². The van der Waals surface area contributed by atoms with Gasteiger partial charge >= 0.3 is 0 Å². The number of nitrogens with zero attached hydrogens (tertiary/aromatic N) is 3. The molecule has 0 atom stereocenters. The first-order valence-corrected chi connectivity index (χ1v) is 5.48. The first kappa shape index (κ1) is 11.3. The van der Waals surface area contributed by atoms with Crippen molar-refractivity contribution in [1.29, 1.82) is 5.26 Å². The van der Waals surface area contributed by atoms with Gasteiger partial charge in [0.05, 0.1) is 23.0 Å². The third-order valence-corrected chi connectivity index (χ3v) is 2.96. The molecule has 0 saturated carbocycles. The summed E-state index contributed by atoms with van der Waals surface area (Å²) in [6, 6.07) is 7.37. The van der Waals surface area contributed by atoms with E-state index in [0.29, 0.717) is 24.3 Å². The van der Waals surface area contributed by atoms with Gasteiger partial charge in [0.25, 0.3) is 0 Å². The number of carbonyl (C=O) groups is 1. The van der Waals surface area contributed by atoms with Crippen molar-refractivity contribution in [3.8, 4) is 6.07 Å². The van der Waals surface area contributed by atoms with Crippen LogP contribution in [0, 0.1) is 11.3 Å². The van der Waals surface area contributed by atoms with Gasteiger partial charge in [0, 0.05) is 26.2 Å². The maximum absolute atomic E-state index is 10.6. The van der Waals surface area contributed by atoms with Gasteiger partial charge in [0.15, 0.2) is 0 Å². The minimum Gasteiger partial charge on any atom is -0.397 e. The van der Waals surface area contributed by atoms with Crippen LogP contribution in [0.4, 0.5) is 11.4 Å². The number of rotatable bonds is 2. The molecule has 2 N–H and O–H groups in total. The molecule has 0 unspecified atom stereocenters. The molecule has 5 heteroatoms. The molecule has 17 heavy (non-hydrogen) atoms. The highest BCUT2D eigenvalue weighted by molar-refractivity contribution is 5.70. The van der Waals surface area contributed by atoms with Gasteiger partial charge in [-0.1, -0.05) is 0 Å². The molecular formula is C12H14N4O. The highest BCUT2D eigenvalue weighted by Gasteiger charge is 2.17. The molecule has 1 aromatic carbocycles. The Morgan fingerprint density at radius 2 is 2.00 bits per heavy atom. The largest absolute Gasteiger partial charge is 0.397 e. The summed E-state index contributed by atoms with van der Waals surface area (Å²) in [5, 5.41) is 8.77. The van der Waals surface area contributed by atoms with Crippen LogP contribution in [-0.2, 0) is 4.79 Å². The van der Waals surface area contributed by atoms with Crippen LogP contribution in [0.1, 0.15) is 5.56 Å². The number of piperazine rings is 1. The summed E-state index contributed by atoms with van der Waals surface area (Å²) >= 11 is 0. The van der Waals surface area contributed by atoms with Crippen molar-refractivity contribution >= 4 is 17.8 Å². The maximum Gasteiger partial charge on any atom is 0.209 e. The van der Waals surface area contributed by atoms with Gasteiger partial charge in [-0.15, -0.1) is 0 Å². The Kier molecular flexibility index (Phi) is 3.15. The van der Waals surface area contributed by atoms with Gasteiger partial charge in [-0.2, -0.15) is 5.26 Å².